The molecule has 3 aromatic rings. The highest BCUT2D eigenvalue weighted by atomic mass is 35.5. The van der Waals surface area contributed by atoms with Gasteiger partial charge >= 0.3 is 6.18 Å². The highest BCUT2D eigenvalue weighted by Gasteiger charge is 2.33. The minimum absolute atomic E-state index is 0.0268. The molecule has 2 aromatic heterocycles. The van der Waals surface area contributed by atoms with Crippen molar-refractivity contribution >= 4 is 40.2 Å². The molecule has 14 heteroatoms. The Morgan fingerprint density at radius 1 is 1.25 bits per heavy atom. The molecule has 0 spiro atoms. The van der Waals surface area contributed by atoms with E-state index in [0.29, 0.717) is 29.4 Å². The van der Waals surface area contributed by atoms with Crippen LogP contribution in [0.3, 0.4) is 0 Å². The number of benzene rings is 1. The third kappa shape index (κ3) is 4.24. The molecule has 1 saturated heterocycles. The van der Waals surface area contributed by atoms with E-state index in [1.165, 1.54) is 12.1 Å². The number of halogens is 5. The fourth-order valence-corrected chi connectivity index (χ4v) is 3.88. The molecule has 0 amide bonds. The maximum atomic E-state index is 14.5. The monoisotopic (exact) mass is 473 g/mol. The van der Waals surface area contributed by atoms with Gasteiger partial charge in [0.05, 0.1) is 28.1 Å². The zero-order valence-electron chi connectivity index (χ0n) is 16.5. The van der Waals surface area contributed by atoms with Gasteiger partial charge in [-0.3, -0.25) is 10.1 Å². The summed E-state index contributed by atoms with van der Waals surface area (Å²) < 4.78 is 54.2. The Balaban J connectivity index is 1.57. The van der Waals surface area contributed by atoms with Crippen molar-refractivity contribution in [2.45, 2.75) is 24.8 Å². The fraction of sp³-hybridized carbons (Fsp3) is 0.389. The standard InChI is InChI=1S/C18H16ClF4N7O2/c1-28-15-3-12(19)14(30(31)32)4-13(15)27-17(28)29-7-10(20)2-11(8-29)26-16-24-5-9(6-25-16)18(21,22)23/h3-6,10-11H,2,7-8H2,1H3,(H,24,25,26)/t10?,11-/m1/s1. The molecule has 3 heterocycles. The van der Waals surface area contributed by atoms with Crippen LogP contribution in [0.25, 0.3) is 11.0 Å². The molecular weight excluding hydrogens is 458 g/mol. The molecule has 1 aromatic carbocycles. The van der Waals surface area contributed by atoms with Crippen LogP contribution >= 0.6 is 11.6 Å². The average molecular weight is 474 g/mol. The zero-order valence-corrected chi connectivity index (χ0v) is 17.2. The third-order valence-electron chi connectivity index (χ3n) is 5.12. The first-order valence-corrected chi connectivity index (χ1v) is 9.76. The lowest BCUT2D eigenvalue weighted by atomic mass is 10.0. The van der Waals surface area contributed by atoms with Crippen LogP contribution < -0.4 is 10.2 Å². The maximum Gasteiger partial charge on any atom is 0.419 e. The maximum absolute atomic E-state index is 14.5. The summed E-state index contributed by atoms with van der Waals surface area (Å²) in [5.74, 6) is 0.323. The molecule has 1 aliphatic heterocycles. The summed E-state index contributed by atoms with van der Waals surface area (Å²) in [6.07, 6.45) is -4.39. The fourth-order valence-electron chi connectivity index (χ4n) is 3.65. The molecule has 170 valence electrons. The van der Waals surface area contributed by atoms with Crippen molar-refractivity contribution in [3.8, 4) is 0 Å². The molecule has 2 atom stereocenters. The molecule has 1 fully saturated rings. The summed E-state index contributed by atoms with van der Waals surface area (Å²) in [5, 5.41) is 14.0. The summed E-state index contributed by atoms with van der Waals surface area (Å²) in [7, 11) is 1.68. The second-order valence-electron chi connectivity index (χ2n) is 7.39. The number of nitrogens with one attached hydrogen (secondary N) is 1. The number of nitrogens with zero attached hydrogens (tertiary/aromatic N) is 6. The SMILES string of the molecule is Cn1c(N2CC(F)C[C@@H](Nc3ncc(C(F)(F)F)cn3)C2)nc2cc([N+](=O)[O-])c(Cl)cc21. The normalized spacial score (nSPS) is 19.4. The Morgan fingerprint density at radius 3 is 2.56 bits per heavy atom. The predicted molar refractivity (Wildman–Crippen MR) is 109 cm³/mol. The number of nitro groups is 1. The van der Waals surface area contributed by atoms with Crippen molar-refractivity contribution in [1.82, 2.24) is 19.5 Å². The van der Waals surface area contributed by atoms with Crippen molar-refractivity contribution < 1.29 is 22.5 Å². The highest BCUT2D eigenvalue weighted by Crippen LogP contribution is 2.33. The summed E-state index contributed by atoms with van der Waals surface area (Å²) in [6, 6.07) is 2.17. The van der Waals surface area contributed by atoms with Gasteiger partial charge in [0, 0.05) is 44.5 Å². The Hall–Kier alpha value is -3.22. The minimum Gasteiger partial charge on any atom is -0.350 e. The van der Waals surface area contributed by atoms with Gasteiger partial charge in [0.1, 0.15) is 11.2 Å². The van der Waals surface area contributed by atoms with Crippen molar-refractivity contribution in [3.63, 3.8) is 0 Å². The van der Waals surface area contributed by atoms with E-state index in [1.807, 2.05) is 0 Å². The third-order valence-corrected chi connectivity index (χ3v) is 5.42. The largest absolute Gasteiger partial charge is 0.419 e. The van der Waals surface area contributed by atoms with E-state index in [2.05, 4.69) is 20.3 Å². The molecule has 4 rings (SSSR count). The van der Waals surface area contributed by atoms with Crippen LogP contribution in [0.2, 0.25) is 5.02 Å². The van der Waals surface area contributed by atoms with Gasteiger partial charge in [-0.05, 0) is 6.07 Å². The van der Waals surface area contributed by atoms with Crippen LogP contribution in [0.5, 0.6) is 0 Å². The van der Waals surface area contributed by atoms with Gasteiger partial charge in [-0.25, -0.2) is 19.3 Å². The number of fused-ring (bicyclic) bond motifs is 1. The number of aryl methyl sites for hydroxylation is 1. The van der Waals surface area contributed by atoms with Crippen molar-refractivity contribution in [2.24, 2.45) is 7.05 Å². The van der Waals surface area contributed by atoms with Crippen LogP contribution in [0.4, 0.5) is 35.1 Å². The number of hydrogen-bond acceptors (Lipinski definition) is 7. The molecule has 0 saturated carbocycles. The summed E-state index contributed by atoms with van der Waals surface area (Å²) in [4.78, 5) is 23.9. The van der Waals surface area contributed by atoms with Crippen LogP contribution in [0.15, 0.2) is 24.5 Å². The van der Waals surface area contributed by atoms with Crippen molar-refractivity contribution in [2.75, 3.05) is 23.3 Å². The summed E-state index contributed by atoms with van der Waals surface area (Å²) in [6.45, 7) is 0.289. The second kappa shape index (κ2) is 8.04. The van der Waals surface area contributed by atoms with E-state index in [-0.39, 0.29) is 36.2 Å². The van der Waals surface area contributed by atoms with Crippen LogP contribution in [-0.4, -0.2) is 49.7 Å². The molecule has 0 aliphatic carbocycles. The Kier molecular flexibility index (Phi) is 5.53. The van der Waals surface area contributed by atoms with Gasteiger partial charge in [0.2, 0.25) is 11.9 Å². The van der Waals surface area contributed by atoms with Gasteiger partial charge in [-0.15, -0.1) is 0 Å². The number of hydrogen-bond donors (Lipinski definition) is 1. The number of nitro benzene ring substituents is 1. The second-order valence-corrected chi connectivity index (χ2v) is 7.80. The van der Waals surface area contributed by atoms with E-state index in [1.54, 1.807) is 16.5 Å². The number of anilines is 2. The summed E-state index contributed by atoms with van der Waals surface area (Å²) in [5.41, 5.74) is -0.406. The van der Waals surface area contributed by atoms with E-state index in [0.717, 1.165) is 0 Å². The number of alkyl halides is 4. The zero-order chi connectivity index (χ0) is 23.2. The van der Waals surface area contributed by atoms with Gasteiger partial charge in [0.15, 0.2) is 0 Å². The van der Waals surface area contributed by atoms with E-state index >= 15 is 0 Å². The first-order chi connectivity index (χ1) is 15.0. The Morgan fingerprint density at radius 2 is 1.94 bits per heavy atom. The Labute approximate surface area is 183 Å². The average Bonchev–Trinajstić information content (AvgIpc) is 3.02. The smallest absolute Gasteiger partial charge is 0.350 e. The lowest BCUT2D eigenvalue weighted by Crippen LogP contribution is -2.48. The van der Waals surface area contributed by atoms with E-state index in [4.69, 9.17) is 11.6 Å². The molecule has 1 aliphatic rings. The van der Waals surface area contributed by atoms with Crippen molar-refractivity contribution in [3.05, 3.63) is 45.2 Å². The number of imidazole rings is 1. The number of rotatable bonds is 4. The molecule has 1 unspecified atom stereocenters. The van der Waals surface area contributed by atoms with E-state index < -0.39 is 28.9 Å². The molecular formula is C18H16ClF4N7O2. The molecule has 1 N–H and O–H groups in total. The van der Waals surface area contributed by atoms with Crippen LogP contribution in [0, 0.1) is 10.1 Å². The molecule has 0 radical (unpaired) electrons. The minimum atomic E-state index is -4.55. The van der Waals surface area contributed by atoms with Crippen molar-refractivity contribution in [1.29, 1.82) is 0 Å². The first kappa shape index (κ1) is 22.0. The predicted octanol–water partition coefficient (Wildman–Crippen LogP) is 3.97. The molecule has 9 nitrogen and oxygen atoms in total. The number of piperidine rings is 1. The van der Waals surface area contributed by atoms with Gasteiger partial charge in [-0.1, -0.05) is 11.6 Å². The summed E-state index contributed by atoms with van der Waals surface area (Å²) >= 11 is 5.99. The highest BCUT2D eigenvalue weighted by molar-refractivity contribution is 6.33. The first-order valence-electron chi connectivity index (χ1n) is 9.38. The Bertz CT molecular complexity index is 1170. The lowest BCUT2D eigenvalue weighted by Gasteiger charge is -2.35. The van der Waals surface area contributed by atoms with E-state index in [9.17, 15) is 27.7 Å². The quantitative estimate of drug-likeness (QED) is 0.347. The number of aromatic nitrogens is 4. The van der Waals surface area contributed by atoms with Gasteiger partial charge in [0.25, 0.3) is 5.69 Å². The van der Waals surface area contributed by atoms with Crippen LogP contribution in [-0.2, 0) is 13.2 Å². The van der Waals surface area contributed by atoms with Gasteiger partial charge in [-0.2, -0.15) is 13.2 Å². The molecule has 0 bridgehead atoms. The topological polar surface area (TPSA) is 102 Å². The van der Waals surface area contributed by atoms with Crippen LogP contribution in [0.1, 0.15) is 12.0 Å². The molecule has 32 heavy (non-hydrogen) atoms. The lowest BCUT2D eigenvalue weighted by molar-refractivity contribution is -0.384. The van der Waals surface area contributed by atoms with Gasteiger partial charge < -0.3 is 14.8 Å².